The number of rotatable bonds is 1. The second-order valence-electron chi connectivity index (χ2n) is 7.12. The van der Waals surface area contributed by atoms with E-state index in [1.54, 1.807) is 22.9 Å². The van der Waals surface area contributed by atoms with Crippen molar-refractivity contribution in [3.63, 3.8) is 0 Å². The molecule has 138 valence electrons. The van der Waals surface area contributed by atoms with Crippen LogP contribution in [0.1, 0.15) is 28.7 Å². The molecule has 2 aromatic carbocycles. The van der Waals surface area contributed by atoms with E-state index >= 15 is 0 Å². The minimum atomic E-state index is 0.287. The summed E-state index contributed by atoms with van der Waals surface area (Å²) in [5.74, 6) is 0. The lowest BCUT2D eigenvalue weighted by molar-refractivity contribution is 0.436. The summed E-state index contributed by atoms with van der Waals surface area (Å²) in [6, 6.07) is 13.5. The second-order valence-corrected chi connectivity index (χ2v) is 8.02. The maximum atomic E-state index is 4.21. The maximum Gasteiger partial charge on any atom is 0.168 e. The molecule has 0 saturated heterocycles. The molecule has 3 aliphatic rings. The number of hydrogen-bond donors (Lipinski definition) is 0. The van der Waals surface area contributed by atoms with Crippen LogP contribution in [0.25, 0.3) is 17.2 Å². The topological polar surface area (TPSA) is 15.6 Å². The average Bonchev–Trinajstić information content (AvgIpc) is 2.74. The Kier molecular flexibility index (Phi) is 5.49. The molecule has 0 saturated carbocycles. The molecular formula is C24H26N2S. The Balaban J connectivity index is 0.000000170. The third-order valence-electron chi connectivity index (χ3n) is 5.46. The highest BCUT2D eigenvalue weighted by Gasteiger charge is 2.20. The second kappa shape index (κ2) is 8.18. The van der Waals surface area contributed by atoms with Gasteiger partial charge in [-0.05, 0) is 71.4 Å². The Labute approximate surface area is 166 Å². The van der Waals surface area contributed by atoms with Crippen LogP contribution in [-0.4, -0.2) is 29.9 Å². The van der Waals surface area contributed by atoms with Crippen LogP contribution in [0.4, 0.5) is 0 Å². The van der Waals surface area contributed by atoms with Gasteiger partial charge in [0, 0.05) is 19.5 Å². The highest BCUT2D eigenvalue weighted by atomic mass is 32.2. The molecule has 1 aliphatic heterocycles. The van der Waals surface area contributed by atoms with Crippen molar-refractivity contribution in [2.75, 3.05) is 13.3 Å². The van der Waals surface area contributed by atoms with E-state index < -0.39 is 0 Å². The van der Waals surface area contributed by atoms with Gasteiger partial charge in [0.2, 0.25) is 0 Å². The number of benzene rings is 2. The molecular weight excluding hydrogens is 348 g/mol. The zero-order valence-electron chi connectivity index (χ0n) is 16.1. The predicted octanol–water partition coefficient (Wildman–Crippen LogP) is 5.57. The number of aryl methyl sites for hydroxylation is 1. The lowest BCUT2D eigenvalue weighted by Gasteiger charge is -2.25. The molecule has 2 nitrogen and oxygen atoms in total. The van der Waals surface area contributed by atoms with Crippen molar-refractivity contribution >= 4 is 24.1 Å². The summed E-state index contributed by atoms with van der Waals surface area (Å²) >= 11 is 1.73. The van der Waals surface area contributed by atoms with Gasteiger partial charge < -0.3 is 4.90 Å². The molecule has 1 unspecified atom stereocenters. The van der Waals surface area contributed by atoms with Crippen LogP contribution in [-0.2, 0) is 19.3 Å². The molecule has 0 N–H and O–H groups in total. The van der Waals surface area contributed by atoms with Crippen molar-refractivity contribution in [1.82, 2.24) is 4.90 Å². The Morgan fingerprint density at radius 2 is 1.89 bits per heavy atom. The van der Waals surface area contributed by atoms with Crippen molar-refractivity contribution in [2.45, 2.75) is 31.2 Å². The Morgan fingerprint density at radius 1 is 1.00 bits per heavy atom. The first-order chi connectivity index (χ1) is 13.3. The number of hydrogen-bond acceptors (Lipinski definition) is 3. The fourth-order valence-electron chi connectivity index (χ4n) is 4.10. The van der Waals surface area contributed by atoms with Crippen molar-refractivity contribution in [1.29, 1.82) is 0 Å². The third-order valence-corrected chi connectivity index (χ3v) is 6.33. The molecule has 0 spiro atoms. The van der Waals surface area contributed by atoms with E-state index in [-0.39, 0.29) is 5.50 Å². The van der Waals surface area contributed by atoms with E-state index in [0.29, 0.717) is 0 Å². The molecule has 5 rings (SSSR count). The normalized spacial score (nSPS) is 18.9. The lowest BCUT2D eigenvalue weighted by Crippen LogP contribution is -2.23. The minimum absolute atomic E-state index is 0.287. The lowest BCUT2D eigenvalue weighted by atomic mass is 9.80. The summed E-state index contributed by atoms with van der Waals surface area (Å²) in [5, 5.41) is 0. The maximum absolute atomic E-state index is 4.21. The van der Waals surface area contributed by atoms with Gasteiger partial charge in [0.05, 0.1) is 0 Å². The first kappa shape index (κ1) is 18.1. The van der Waals surface area contributed by atoms with Crippen molar-refractivity contribution in [2.24, 2.45) is 4.99 Å². The highest BCUT2D eigenvalue weighted by Crippen LogP contribution is 2.38. The van der Waals surface area contributed by atoms with Gasteiger partial charge in [-0.3, -0.25) is 4.99 Å². The Morgan fingerprint density at radius 3 is 2.70 bits per heavy atom. The number of allylic oxidation sites excluding steroid dienone is 2. The molecule has 0 fully saturated rings. The van der Waals surface area contributed by atoms with Gasteiger partial charge in [-0.15, -0.1) is 11.8 Å². The third kappa shape index (κ3) is 3.74. The zero-order chi connectivity index (χ0) is 18.6. The largest absolute Gasteiger partial charge is 0.351 e. The van der Waals surface area contributed by atoms with Crippen molar-refractivity contribution in [3.8, 4) is 11.1 Å². The van der Waals surface area contributed by atoms with Crippen LogP contribution in [0.3, 0.4) is 0 Å². The predicted molar refractivity (Wildman–Crippen MR) is 119 cm³/mol. The summed E-state index contributed by atoms with van der Waals surface area (Å²) in [5.41, 5.74) is 9.38. The zero-order valence-corrected chi connectivity index (χ0v) is 16.9. The van der Waals surface area contributed by atoms with Gasteiger partial charge in [-0.1, -0.05) is 48.6 Å². The molecule has 1 heterocycles. The Bertz CT molecular complexity index is 911. The van der Waals surface area contributed by atoms with E-state index in [2.05, 4.69) is 64.7 Å². The molecule has 3 heteroatoms. The molecule has 0 bridgehead atoms. The summed E-state index contributed by atoms with van der Waals surface area (Å²) < 4.78 is 0. The Hall–Kier alpha value is -2.26. The fraction of sp³-hybridized carbons (Fsp3) is 0.292. The quantitative estimate of drug-likeness (QED) is 0.648. The van der Waals surface area contributed by atoms with Crippen LogP contribution in [0.15, 0.2) is 59.7 Å². The van der Waals surface area contributed by atoms with Gasteiger partial charge >= 0.3 is 0 Å². The standard InChI is InChI=1S/C18H16.C6H10N2S/c1-3-7-15-13(5-1)9-11-18-16-8-4-2-6-14(16)10-12-17(15)18;1-8-5-3-4-7-6(8)9-2/h1-3,5-7,10,12H,4,8-9,11H2;3-6H,1-2H3. The summed E-state index contributed by atoms with van der Waals surface area (Å²) in [6.07, 6.45) is 17.3. The fourth-order valence-corrected chi connectivity index (χ4v) is 4.70. The molecule has 0 radical (unpaired) electrons. The van der Waals surface area contributed by atoms with Gasteiger partial charge in [0.25, 0.3) is 0 Å². The van der Waals surface area contributed by atoms with Crippen LogP contribution in [0.2, 0.25) is 0 Å². The molecule has 0 amide bonds. The van der Waals surface area contributed by atoms with E-state index in [1.165, 1.54) is 47.9 Å². The van der Waals surface area contributed by atoms with Crippen LogP contribution in [0, 0.1) is 0 Å². The smallest absolute Gasteiger partial charge is 0.168 e. The monoisotopic (exact) mass is 374 g/mol. The van der Waals surface area contributed by atoms with Crippen molar-refractivity contribution in [3.05, 3.63) is 77.0 Å². The van der Waals surface area contributed by atoms with E-state index in [0.717, 1.165) is 0 Å². The van der Waals surface area contributed by atoms with Crippen LogP contribution >= 0.6 is 11.8 Å². The van der Waals surface area contributed by atoms with E-state index in [4.69, 9.17) is 0 Å². The van der Waals surface area contributed by atoms with Crippen molar-refractivity contribution < 1.29 is 0 Å². The molecule has 27 heavy (non-hydrogen) atoms. The summed E-state index contributed by atoms with van der Waals surface area (Å²) in [7, 11) is 2.02. The van der Waals surface area contributed by atoms with Gasteiger partial charge in [-0.25, -0.2) is 0 Å². The first-order valence-electron chi connectivity index (χ1n) is 9.62. The number of fused-ring (bicyclic) bond motifs is 5. The van der Waals surface area contributed by atoms with E-state index in [1.807, 2.05) is 25.5 Å². The van der Waals surface area contributed by atoms with Gasteiger partial charge in [-0.2, -0.15) is 0 Å². The highest BCUT2D eigenvalue weighted by molar-refractivity contribution is 7.99. The first-order valence-corrected chi connectivity index (χ1v) is 10.9. The number of aliphatic imine (C=N–C) groups is 1. The minimum Gasteiger partial charge on any atom is -0.351 e. The van der Waals surface area contributed by atoms with Crippen LogP contribution < -0.4 is 0 Å². The molecule has 0 aromatic heterocycles. The van der Waals surface area contributed by atoms with Gasteiger partial charge in [0.1, 0.15) is 0 Å². The summed E-state index contributed by atoms with van der Waals surface area (Å²) in [4.78, 5) is 6.28. The number of nitrogens with zero attached hydrogens (tertiary/aromatic N) is 2. The van der Waals surface area contributed by atoms with Gasteiger partial charge in [0.15, 0.2) is 5.50 Å². The van der Waals surface area contributed by atoms with Crippen LogP contribution in [0.5, 0.6) is 0 Å². The molecule has 2 aliphatic carbocycles. The molecule has 1 atom stereocenters. The van der Waals surface area contributed by atoms with E-state index in [9.17, 15) is 0 Å². The summed E-state index contributed by atoms with van der Waals surface area (Å²) in [6.45, 7) is 0. The SMILES string of the molecule is C1=Cc2ccc3c(c2CC1)CCc1ccccc1-3.CSC1N=CC=CN1C. The average molecular weight is 375 g/mol. The number of thioether (sulfide) groups is 1. The molecule has 2 aromatic rings.